The maximum Gasteiger partial charge on any atom is 0.135 e. The predicted molar refractivity (Wildman–Crippen MR) is 75.7 cm³/mol. The summed E-state index contributed by atoms with van der Waals surface area (Å²) in [7, 11) is 0. The molecule has 1 unspecified atom stereocenters. The molecular formula is C16H17N3O. The zero-order chi connectivity index (χ0) is 13.5. The molecule has 0 saturated heterocycles. The van der Waals surface area contributed by atoms with Crippen molar-refractivity contribution >= 4 is 0 Å². The molecule has 2 aromatic rings. The highest BCUT2D eigenvalue weighted by Crippen LogP contribution is 2.31. The van der Waals surface area contributed by atoms with Gasteiger partial charge in [-0.1, -0.05) is 18.2 Å². The fraction of sp³-hybridized carbons (Fsp3) is 0.375. The van der Waals surface area contributed by atoms with Crippen LogP contribution < -0.4 is 10.1 Å². The fourth-order valence-corrected chi connectivity index (χ4v) is 3.04. The number of rotatable bonds is 1. The normalized spacial score (nSPS) is 20.1. The Hall–Kier alpha value is -1.94. The van der Waals surface area contributed by atoms with Gasteiger partial charge in [-0.2, -0.15) is 0 Å². The lowest BCUT2D eigenvalue weighted by atomic mass is 9.95. The van der Waals surface area contributed by atoms with E-state index in [-0.39, 0.29) is 5.92 Å². The lowest BCUT2D eigenvalue weighted by Gasteiger charge is -2.24. The summed E-state index contributed by atoms with van der Waals surface area (Å²) in [5.74, 6) is 2.19. The molecule has 4 heteroatoms. The van der Waals surface area contributed by atoms with Crippen molar-refractivity contribution in [1.82, 2.24) is 15.3 Å². The maximum atomic E-state index is 5.85. The van der Waals surface area contributed by atoms with E-state index in [1.807, 2.05) is 12.1 Å². The Morgan fingerprint density at radius 1 is 1.20 bits per heavy atom. The van der Waals surface area contributed by atoms with Crippen LogP contribution >= 0.6 is 0 Å². The molecule has 0 amide bonds. The summed E-state index contributed by atoms with van der Waals surface area (Å²) in [6, 6.07) is 8.23. The summed E-state index contributed by atoms with van der Waals surface area (Å²) in [6.07, 6.45) is 0.960. The Morgan fingerprint density at radius 3 is 3.05 bits per heavy atom. The van der Waals surface area contributed by atoms with Gasteiger partial charge in [-0.05, 0) is 25.0 Å². The molecule has 4 nitrogen and oxygen atoms in total. The Kier molecular flexibility index (Phi) is 2.70. The van der Waals surface area contributed by atoms with E-state index in [2.05, 4.69) is 24.4 Å². The van der Waals surface area contributed by atoms with Crippen molar-refractivity contribution < 1.29 is 4.74 Å². The summed E-state index contributed by atoms with van der Waals surface area (Å²) in [5, 5.41) is 3.34. The van der Waals surface area contributed by atoms with Crippen LogP contribution in [0.25, 0.3) is 0 Å². The van der Waals surface area contributed by atoms with Crippen LogP contribution in [0.2, 0.25) is 0 Å². The summed E-state index contributed by atoms with van der Waals surface area (Å²) < 4.78 is 5.85. The maximum absolute atomic E-state index is 5.85. The number of ether oxygens (including phenoxy) is 1. The van der Waals surface area contributed by atoms with Crippen molar-refractivity contribution in [3.05, 3.63) is 52.6 Å². The van der Waals surface area contributed by atoms with Crippen LogP contribution in [-0.2, 0) is 19.5 Å². The van der Waals surface area contributed by atoms with E-state index >= 15 is 0 Å². The molecule has 1 aromatic heterocycles. The van der Waals surface area contributed by atoms with Crippen LogP contribution in [0.1, 0.15) is 34.3 Å². The number of hydrogen-bond donors (Lipinski definition) is 1. The highest BCUT2D eigenvalue weighted by molar-refractivity contribution is 5.37. The number of nitrogens with zero attached hydrogens (tertiary/aromatic N) is 2. The molecule has 0 fully saturated rings. The largest absolute Gasteiger partial charge is 0.493 e. The van der Waals surface area contributed by atoms with Crippen molar-refractivity contribution in [2.45, 2.75) is 32.4 Å². The first-order valence-corrected chi connectivity index (χ1v) is 7.09. The molecule has 102 valence electrons. The first-order valence-electron chi connectivity index (χ1n) is 7.09. The molecular weight excluding hydrogens is 250 g/mol. The minimum Gasteiger partial charge on any atom is -0.493 e. The van der Waals surface area contributed by atoms with Crippen LogP contribution in [0, 0.1) is 6.92 Å². The van der Waals surface area contributed by atoms with Crippen LogP contribution in [0.15, 0.2) is 24.3 Å². The summed E-state index contributed by atoms with van der Waals surface area (Å²) in [4.78, 5) is 9.47. The second kappa shape index (κ2) is 4.56. The third-order valence-electron chi connectivity index (χ3n) is 4.16. The number of fused-ring (bicyclic) bond motifs is 2. The van der Waals surface area contributed by atoms with E-state index in [4.69, 9.17) is 14.7 Å². The Labute approximate surface area is 118 Å². The number of aryl methyl sites for hydroxylation is 1. The third kappa shape index (κ3) is 1.88. The van der Waals surface area contributed by atoms with Gasteiger partial charge < -0.3 is 10.1 Å². The molecule has 0 radical (unpaired) electrons. The molecule has 2 aliphatic heterocycles. The average Bonchev–Trinajstić information content (AvgIpc) is 2.96. The molecule has 2 aliphatic rings. The monoisotopic (exact) mass is 267 g/mol. The second-order valence-electron chi connectivity index (χ2n) is 5.52. The van der Waals surface area contributed by atoms with E-state index in [9.17, 15) is 0 Å². The van der Waals surface area contributed by atoms with Gasteiger partial charge in [0.2, 0.25) is 0 Å². The molecule has 0 bridgehead atoms. The molecule has 20 heavy (non-hydrogen) atoms. The molecule has 0 spiro atoms. The number of aromatic nitrogens is 2. The average molecular weight is 267 g/mol. The van der Waals surface area contributed by atoms with E-state index < -0.39 is 0 Å². The van der Waals surface area contributed by atoms with Crippen molar-refractivity contribution in [3.8, 4) is 5.75 Å². The Bertz CT molecular complexity index is 669. The zero-order valence-electron chi connectivity index (χ0n) is 11.5. The Balaban J connectivity index is 1.68. The highest BCUT2D eigenvalue weighted by atomic mass is 16.5. The number of nitrogens with one attached hydrogen (secondary N) is 1. The first-order chi connectivity index (χ1) is 9.81. The Morgan fingerprint density at radius 2 is 2.10 bits per heavy atom. The van der Waals surface area contributed by atoms with Crippen molar-refractivity contribution in [2.75, 3.05) is 6.61 Å². The summed E-state index contributed by atoms with van der Waals surface area (Å²) in [6.45, 7) is 4.50. The zero-order valence-corrected chi connectivity index (χ0v) is 11.5. The van der Waals surface area contributed by atoms with Gasteiger partial charge in [-0.3, -0.25) is 0 Å². The van der Waals surface area contributed by atoms with Gasteiger partial charge in [0.25, 0.3) is 0 Å². The fourth-order valence-electron chi connectivity index (χ4n) is 3.04. The van der Waals surface area contributed by atoms with Crippen molar-refractivity contribution in [2.24, 2.45) is 0 Å². The van der Waals surface area contributed by atoms with E-state index in [0.717, 1.165) is 42.5 Å². The summed E-state index contributed by atoms with van der Waals surface area (Å²) in [5.41, 5.74) is 4.79. The molecule has 4 rings (SSSR count). The smallest absolute Gasteiger partial charge is 0.135 e. The SMILES string of the molecule is Cc1nc(C2COc3ccccc3C2)nc2c1CNC2. The predicted octanol–water partition coefficient (Wildman–Crippen LogP) is 2.11. The highest BCUT2D eigenvalue weighted by Gasteiger charge is 2.25. The summed E-state index contributed by atoms with van der Waals surface area (Å²) >= 11 is 0. The molecule has 0 saturated carbocycles. The van der Waals surface area contributed by atoms with Gasteiger partial charge >= 0.3 is 0 Å². The van der Waals surface area contributed by atoms with Gasteiger partial charge in [0.05, 0.1) is 18.2 Å². The van der Waals surface area contributed by atoms with Gasteiger partial charge in [0.15, 0.2) is 0 Å². The molecule has 3 heterocycles. The van der Waals surface area contributed by atoms with Gasteiger partial charge in [0.1, 0.15) is 11.6 Å². The lowest BCUT2D eigenvalue weighted by Crippen LogP contribution is -2.22. The van der Waals surface area contributed by atoms with E-state index in [1.54, 1.807) is 0 Å². The quantitative estimate of drug-likeness (QED) is 0.859. The number of benzene rings is 1. The van der Waals surface area contributed by atoms with Crippen LogP contribution in [0.5, 0.6) is 5.75 Å². The van der Waals surface area contributed by atoms with Crippen molar-refractivity contribution in [3.63, 3.8) is 0 Å². The topological polar surface area (TPSA) is 47.0 Å². The van der Waals surface area contributed by atoms with Gasteiger partial charge in [-0.15, -0.1) is 0 Å². The molecule has 1 atom stereocenters. The number of hydrogen-bond acceptors (Lipinski definition) is 4. The first kappa shape index (κ1) is 11.9. The second-order valence-corrected chi connectivity index (χ2v) is 5.52. The minimum atomic E-state index is 0.259. The lowest BCUT2D eigenvalue weighted by molar-refractivity contribution is 0.257. The van der Waals surface area contributed by atoms with Crippen molar-refractivity contribution in [1.29, 1.82) is 0 Å². The van der Waals surface area contributed by atoms with Crippen LogP contribution in [-0.4, -0.2) is 16.6 Å². The molecule has 1 aromatic carbocycles. The van der Waals surface area contributed by atoms with Gasteiger partial charge in [-0.25, -0.2) is 9.97 Å². The van der Waals surface area contributed by atoms with E-state index in [0.29, 0.717) is 6.61 Å². The number of para-hydroxylation sites is 1. The molecule has 1 N–H and O–H groups in total. The third-order valence-corrected chi connectivity index (χ3v) is 4.16. The van der Waals surface area contributed by atoms with Crippen LogP contribution in [0.3, 0.4) is 0 Å². The van der Waals surface area contributed by atoms with Crippen LogP contribution in [0.4, 0.5) is 0 Å². The standard InChI is InChI=1S/C16H17N3O/c1-10-13-7-17-8-14(13)19-16(18-10)12-6-11-4-2-3-5-15(11)20-9-12/h2-5,12,17H,6-9H2,1H3. The molecule has 0 aliphatic carbocycles. The van der Waals surface area contributed by atoms with E-state index in [1.165, 1.54) is 11.1 Å². The van der Waals surface area contributed by atoms with Gasteiger partial charge in [0, 0.05) is 24.3 Å². The minimum absolute atomic E-state index is 0.259.